The number of thioether (sulfide) groups is 1. The Morgan fingerprint density at radius 3 is 2.70 bits per heavy atom. The molecule has 2 atom stereocenters. The molecule has 16 heteroatoms. The summed E-state index contributed by atoms with van der Waals surface area (Å²) in [5.74, 6) is -1.77. The Labute approximate surface area is 255 Å². The van der Waals surface area contributed by atoms with Crippen LogP contribution in [0.1, 0.15) is 49.1 Å². The minimum absolute atomic E-state index is 0.0541. The van der Waals surface area contributed by atoms with Gasteiger partial charge in [0.2, 0.25) is 5.95 Å². The Bertz CT molecular complexity index is 1730. The number of rotatable bonds is 10. The summed E-state index contributed by atoms with van der Waals surface area (Å²) in [4.78, 5) is 17.0. The number of hydrogen-bond donors (Lipinski definition) is 3. The first kappa shape index (κ1) is 30.0. The predicted octanol–water partition coefficient (Wildman–Crippen LogP) is 5.86. The number of halogens is 2. The molecule has 1 aromatic carbocycles. The number of para-hydroxylation sites is 1. The molecular formula is C28H29F2N8O4PS. The highest BCUT2D eigenvalue weighted by atomic mass is 32.2. The molecule has 230 valence electrons. The van der Waals surface area contributed by atoms with Gasteiger partial charge < -0.3 is 15.2 Å². The molecule has 1 aliphatic heterocycles. The number of carbonyl (C=O) groups excluding carboxylic acids is 1. The van der Waals surface area contributed by atoms with Gasteiger partial charge in [0.1, 0.15) is 28.2 Å². The molecule has 2 unspecified atom stereocenters. The van der Waals surface area contributed by atoms with Crippen molar-refractivity contribution >= 4 is 31.1 Å². The van der Waals surface area contributed by atoms with E-state index in [0.29, 0.717) is 11.3 Å². The van der Waals surface area contributed by atoms with Crippen LogP contribution in [0.3, 0.4) is 0 Å². The summed E-state index contributed by atoms with van der Waals surface area (Å²) in [6.07, 6.45) is 9.91. The molecule has 0 spiro atoms. The lowest BCUT2D eigenvalue weighted by molar-refractivity contribution is -0.113. The van der Waals surface area contributed by atoms with Crippen LogP contribution in [0.25, 0.3) is 11.4 Å². The Morgan fingerprint density at radius 1 is 1.11 bits per heavy atom. The van der Waals surface area contributed by atoms with E-state index >= 15 is 0 Å². The van der Waals surface area contributed by atoms with Gasteiger partial charge in [-0.15, -0.1) is 11.8 Å². The van der Waals surface area contributed by atoms with Gasteiger partial charge in [-0.2, -0.15) is 14.6 Å². The van der Waals surface area contributed by atoms with Gasteiger partial charge in [0.25, 0.3) is 5.91 Å². The molecule has 1 fully saturated rings. The average molecular weight is 643 g/mol. The first-order valence-electron chi connectivity index (χ1n) is 13.9. The highest BCUT2D eigenvalue weighted by Gasteiger charge is 2.28. The maximum absolute atomic E-state index is 14.7. The topological polar surface area (TPSA) is 151 Å². The quantitative estimate of drug-likeness (QED) is 0.142. The SMILES string of the molecule is NP(=O)(OCn1cc(C2NC(C(=O)Nc3cn(C4CCCCC4)nc3-c3nc(F)ccc3F)=CS2)cn1)Oc1ccccc1. The van der Waals surface area contributed by atoms with Crippen LogP contribution in [0.4, 0.5) is 14.5 Å². The van der Waals surface area contributed by atoms with Crippen molar-refractivity contribution in [2.75, 3.05) is 5.32 Å². The fourth-order valence-electron chi connectivity index (χ4n) is 4.97. The first-order valence-corrected chi connectivity index (χ1v) is 16.4. The zero-order valence-electron chi connectivity index (χ0n) is 23.3. The molecule has 1 saturated carbocycles. The number of pyridine rings is 1. The first-order chi connectivity index (χ1) is 21.2. The standard InChI is InChI=1S/C28H29F2N8O4PS/c29-21-11-12-24(30)35-25(21)26-22(15-38(36-26)19-7-3-1-4-8-19)33-27(39)23-16-44-28(34-23)18-13-32-37(14-18)17-41-43(31,40)42-20-9-5-2-6-10-20/h2,5-6,9-16,19,28,34H,1,3-4,7-8,17H2,(H2,31,40)(H,33,39). The lowest BCUT2D eigenvalue weighted by atomic mass is 9.96. The number of carbonyl (C=O) groups is 1. The number of benzene rings is 1. The normalized spacial score (nSPS) is 18.3. The van der Waals surface area contributed by atoms with Crippen molar-refractivity contribution in [3.63, 3.8) is 0 Å². The van der Waals surface area contributed by atoms with Crippen molar-refractivity contribution in [3.05, 3.63) is 89.5 Å². The lowest BCUT2D eigenvalue weighted by Gasteiger charge is -2.21. The predicted molar refractivity (Wildman–Crippen MR) is 160 cm³/mol. The van der Waals surface area contributed by atoms with Gasteiger partial charge in [0.15, 0.2) is 12.5 Å². The molecule has 12 nitrogen and oxygen atoms in total. The van der Waals surface area contributed by atoms with Crippen LogP contribution >= 0.6 is 19.5 Å². The van der Waals surface area contributed by atoms with E-state index in [1.165, 1.54) is 16.4 Å². The molecule has 0 bridgehead atoms. The third-order valence-corrected chi connectivity index (χ3v) is 9.09. The van der Waals surface area contributed by atoms with Crippen LogP contribution in [-0.4, -0.2) is 30.5 Å². The summed E-state index contributed by atoms with van der Waals surface area (Å²) >= 11 is 1.34. The van der Waals surface area contributed by atoms with Crippen LogP contribution < -0.4 is 20.7 Å². The van der Waals surface area contributed by atoms with E-state index in [-0.39, 0.29) is 40.9 Å². The number of hydrogen-bond acceptors (Lipinski definition) is 9. The Kier molecular flexibility index (Phi) is 8.80. The van der Waals surface area contributed by atoms with Gasteiger partial charge in [0.05, 0.1) is 17.9 Å². The summed E-state index contributed by atoms with van der Waals surface area (Å²) in [5, 5.41) is 16.0. The molecule has 4 aromatic rings. The molecule has 1 aliphatic carbocycles. The minimum atomic E-state index is -3.89. The van der Waals surface area contributed by atoms with Crippen molar-refractivity contribution in [3.8, 4) is 17.1 Å². The maximum atomic E-state index is 14.7. The number of anilines is 1. The second kappa shape index (κ2) is 12.9. The van der Waals surface area contributed by atoms with E-state index in [1.54, 1.807) is 59.0 Å². The Morgan fingerprint density at radius 2 is 1.91 bits per heavy atom. The van der Waals surface area contributed by atoms with Crippen molar-refractivity contribution in [2.45, 2.75) is 50.3 Å². The van der Waals surface area contributed by atoms with Gasteiger partial charge in [-0.25, -0.2) is 24.1 Å². The third-order valence-electron chi connectivity index (χ3n) is 7.12. The largest absolute Gasteiger partial charge is 0.457 e. The van der Waals surface area contributed by atoms with Crippen molar-refractivity contribution < 1.29 is 27.2 Å². The second-order valence-electron chi connectivity index (χ2n) is 10.3. The number of amides is 1. The van der Waals surface area contributed by atoms with Crippen molar-refractivity contribution in [1.82, 2.24) is 29.9 Å². The molecule has 1 amide bonds. The van der Waals surface area contributed by atoms with Crippen LogP contribution in [-0.2, 0) is 20.6 Å². The van der Waals surface area contributed by atoms with Gasteiger partial charge in [0, 0.05) is 23.4 Å². The maximum Gasteiger partial charge on any atom is 0.457 e. The molecule has 3 aromatic heterocycles. The Hall–Kier alpha value is -4.04. The third kappa shape index (κ3) is 7.02. The molecule has 0 radical (unpaired) electrons. The van der Waals surface area contributed by atoms with Crippen LogP contribution in [0.15, 0.2) is 72.2 Å². The Balaban J connectivity index is 1.11. The fourth-order valence-corrected chi connectivity index (χ4v) is 6.64. The van der Waals surface area contributed by atoms with Gasteiger partial charge in [-0.3, -0.25) is 14.0 Å². The van der Waals surface area contributed by atoms with Gasteiger partial charge in [-0.05, 0) is 37.1 Å². The summed E-state index contributed by atoms with van der Waals surface area (Å²) < 4.78 is 54.8. The number of aromatic nitrogens is 5. The molecular weight excluding hydrogens is 613 g/mol. The summed E-state index contributed by atoms with van der Waals surface area (Å²) in [6.45, 7) is -0.225. The zero-order chi connectivity index (χ0) is 30.7. The average Bonchev–Trinajstić information content (AvgIpc) is 3.78. The van der Waals surface area contributed by atoms with E-state index in [2.05, 4.69) is 25.8 Å². The zero-order valence-corrected chi connectivity index (χ0v) is 25.0. The van der Waals surface area contributed by atoms with Crippen molar-refractivity contribution in [2.24, 2.45) is 5.50 Å². The second-order valence-corrected chi connectivity index (χ2v) is 12.8. The highest BCUT2D eigenvalue weighted by Crippen LogP contribution is 2.41. The van der Waals surface area contributed by atoms with E-state index < -0.39 is 25.4 Å². The minimum Gasteiger partial charge on any atom is -0.413 e. The molecule has 2 aliphatic rings. The molecule has 4 N–H and O–H groups in total. The van der Waals surface area contributed by atoms with Gasteiger partial charge in [-0.1, -0.05) is 37.5 Å². The van der Waals surface area contributed by atoms with Crippen LogP contribution in [0, 0.1) is 11.8 Å². The van der Waals surface area contributed by atoms with Crippen LogP contribution in [0.2, 0.25) is 0 Å². The van der Waals surface area contributed by atoms with Crippen molar-refractivity contribution in [1.29, 1.82) is 0 Å². The van der Waals surface area contributed by atoms with E-state index in [9.17, 15) is 18.1 Å². The summed E-state index contributed by atoms with van der Waals surface area (Å²) in [6, 6.07) is 10.4. The molecule has 4 heterocycles. The number of nitrogens with one attached hydrogen (secondary N) is 2. The van der Waals surface area contributed by atoms with E-state index in [0.717, 1.165) is 44.2 Å². The number of nitrogens with zero attached hydrogens (tertiary/aromatic N) is 5. The molecule has 0 saturated heterocycles. The van der Waals surface area contributed by atoms with E-state index in [4.69, 9.17) is 14.6 Å². The van der Waals surface area contributed by atoms with Gasteiger partial charge >= 0.3 is 7.75 Å². The highest BCUT2D eigenvalue weighted by molar-refractivity contribution is 8.02. The lowest BCUT2D eigenvalue weighted by Crippen LogP contribution is -2.24. The monoisotopic (exact) mass is 642 g/mol. The summed E-state index contributed by atoms with van der Waals surface area (Å²) in [7, 11) is -3.89. The fraction of sp³-hybridized carbons (Fsp3) is 0.286. The molecule has 44 heavy (non-hydrogen) atoms. The van der Waals surface area contributed by atoms with Crippen LogP contribution in [0.5, 0.6) is 5.75 Å². The van der Waals surface area contributed by atoms with E-state index in [1.807, 2.05) is 0 Å². The summed E-state index contributed by atoms with van der Waals surface area (Å²) in [5.41, 5.74) is 6.67. The smallest absolute Gasteiger partial charge is 0.413 e. The molecule has 6 rings (SSSR count). The number of nitrogens with two attached hydrogens (primary N) is 1.